The van der Waals surface area contributed by atoms with Gasteiger partial charge in [-0.2, -0.15) is 0 Å². The van der Waals surface area contributed by atoms with Crippen LogP contribution in [0.15, 0.2) is 18.2 Å². The molecule has 0 radical (unpaired) electrons. The van der Waals surface area contributed by atoms with Crippen LogP contribution in [0.3, 0.4) is 0 Å². The van der Waals surface area contributed by atoms with Crippen LogP contribution in [-0.2, 0) is 4.79 Å². The predicted molar refractivity (Wildman–Crippen MR) is 99.6 cm³/mol. The van der Waals surface area contributed by atoms with Crippen molar-refractivity contribution in [2.45, 2.75) is 33.6 Å². The SMILES string of the molecule is Cc1ccc(C(=O)N2C[C@H](C)C[C@H](C)C2)cc1NC(=O)[C@@H]1CCNC1. The van der Waals surface area contributed by atoms with Crippen molar-refractivity contribution >= 4 is 17.5 Å². The lowest BCUT2D eigenvalue weighted by Gasteiger charge is -2.35. The Labute approximate surface area is 150 Å². The van der Waals surface area contributed by atoms with E-state index in [9.17, 15) is 9.59 Å². The summed E-state index contributed by atoms with van der Waals surface area (Å²) in [5, 5.41) is 6.23. The van der Waals surface area contributed by atoms with Crippen LogP contribution in [0.5, 0.6) is 0 Å². The monoisotopic (exact) mass is 343 g/mol. The molecule has 2 fully saturated rings. The topological polar surface area (TPSA) is 61.4 Å². The van der Waals surface area contributed by atoms with Crippen molar-refractivity contribution in [3.8, 4) is 0 Å². The van der Waals surface area contributed by atoms with E-state index in [2.05, 4.69) is 24.5 Å². The fourth-order valence-electron chi connectivity index (χ4n) is 4.01. The summed E-state index contributed by atoms with van der Waals surface area (Å²) >= 11 is 0. The van der Waals surface area contributed by atoms with Crippen LogP contribution >= 0.6 is 0 Å². The molecule has 25 heavy (non-hydrogen) atoms. The van der Waals surface area contributed by atoms with E-state index in [0.717, 1.165) is 43.9 Å². The molecule has 0 saturated carbocycles. The molecule has 3 rings (SSSR count). The second-order valence-corrected chi connectivity index (χ2v) is 7.86. The molecule has 3 atom stereocenters. The first-order valence-electron chi connectivity index (χ1n) is 9.35. The third-order valence-electron chi connectivity index (χ3n) is 5.33. The van der Waals surface area contributed by atoms with E-state index in [1.165, 1.54) is 6.42 Å². The molecule has 5 heteroatoms. The minimum atomic E-state index is 0.0163. The Balaban J connectivity index is 1.74. The smallest absolute Gasteiger partial charge is 0.253 e. The molecule has 136 valence electrons. The summed E-state index contributed by atoms with van der Waals surface area (Å²) in [6.45, 7) is 9.60. The highest BCUT2D eigenvalue weighted by Gasteiger charge is 2.27. The van der Waals surface area contributed by atoms with Crippen molar-refractivity contribution in [3.05, 3.63) is 29.3 Å². The van der Waals surface area contributed by atoms with Gasteiger partial charge < -0.3 is 15.5 Å². The Morgan fingerprint density at radius 2 is 1.92 bits per heavy atom. The number of benzene rings is 1. The van der Waals surface area contributed by atoms with Gasteiger partial charge in [-0.15, -0.1) is 0 Å². The molecule has 0 unspecified atom stereocenters. The van der Waals surface area contributed by atoms with Gasteiger partial charge in [-0.1, -0.05) is 19.9 Å². The van der Waals surface area contributed by atoms with Crippen LogP contribution in [0.4, 0.5) is 5.69 Å². The quantitative estimate of drug-likeness (QED) is 0.887. The van der Waals surface area contributed by atoms with Gasteiger partial charge in [0, 0.05) is 30.9 Å². The molecule has 1 aromatic rings. The Hall–Kier alpha value is -1.88. The largest absolute Gasteiger partial charge is 0.338 e. The number of rotatable bonds is 3. The van der Waals surface area contributed by atoms with Crippen molar-refractivity contribution in [2.24, 2.45) is 17.8 Å². The molecule has 2 amide bonds. The minimum absolute atomic E-state index is 0.0163. The van der Waals surface area contributed by atoms with E-state index in [4.69, 9.17) is 0 Å². The highest BCUT2D eigenvalue weighted by atomic mass is 16.2. The summed E-state index contributed by atoms with van der Waals surface area (Å²) in [4.78, 5) is 27.2. The van der Waals surface area contributed by atoms with Crippen molar-refractivity contribution in [1.82, 2.24) is 10.2 Å². The lowest BCUT2D eigenvalue weighted by molar-refractivity contribution is -0.119. The fourth-order valence-corrected chi connectivity index (χ4v) is 4.01. The van der Waals surface area contributed by atoms with Crippen LogP contribution in [0.25, 0.3) is 0 Å². The van der Waals surface area contributed by atoms with Crippen molar-refractivity contribution in [1.29, 1.82) is 0 Å². The zero-order chi connectivity index (χ0) is 18.0. The molecule has 0 bridgehead atoms. The molecule has 0 spiro atoms. The third-order valence-corrected chi connectivity index (χ3v) is 5.33. The maximum absolute atomic E-state index is 12.9. The van der Waals surface area contributed by atoms with Gasteiger partial charge in [-0.05, 0) is 55.8 Å². The summed E-state index contributed by atoms with van der Waals surface area (Å²) in [6.07, 6.45) is 2.04. The first-order chi connectivity index (χ1) is 11.9. The standard InChI is InChI=1S/C20H29N3O2/c1-13-8-14(2)12-23(11-13)20(25)16-5-4-15(3)18(9-16)22-19(24)17-6-7-21-10-17/h4-5,9,13-14,17,21H,6-8,10-12H2,1-3H3,(H,22,24)/t13-,14+,17-/m1/s1. The summed E-state index contributed by atoms with van der Waals surface area (Å²) < 4.78 is 0. The van der Waals surface area contributed by atoms with E-state index in [1.54, 1.807) is 0 Å². The van der Waals surface area contributed by atoms with E-state index in [-0.39, 0.29) is 17.7 Å². The Kier molecular flexibility index (Phi) is 5.42. The van der Waals surface area contributed by atoms with E-state index >= 15 is 0 Å². The number of carbonyl (C=O) groups is 2. The number of carbonyl (C=O) groups excluding carboxylic acids is 2. The molecular formula is C20H29N3O2. The molecular weight excluding hydrogens is 314 g/mol. The van der Waals surface area contributed by atoms with Crippen molar-refractivity contribution < 1.29 is 9.59 Å². The third kappa shape index (κ3) is 4.21. The van der Waals surface area contributed by atoms with Gasteiger partial charge in [0.15, 0.2) is 0 Å². The van der Waals surface area contributed by atoms with Gasteiger partial charge in [-0.25, -0.2) is 0 Å². The zero-order valence-corrected chi connectivity index (χ0v) is 15.5. The number of piperidine rings is 1. The molecule has 0 aromatic heterocycles. The van der Waals surface area contributed by atoms with Crippen LogP contribution < -0.4 is 10.6 Å². The van der Waals surface area contributed by atoms with Crippen LogP contribution in [0.2, 0.25) is 0 Å². The maximum atomic E-state index is 12.9. The Morgan fingerprint density at radius 1 is 1.20 bits per heavy atom. The van der Waals surface area contributed by atoms with E-state index in [0.29, 0.717) is 17.4 Å². The number of hydrogen-bond acceptors (Lipinski definition) is 3. The average Bonchev–Trinajstić information content (AvgIpc) is 3.10. The van der Waals surface area contributed by atoms with Gasteiger partial charge in [-0.3, -0.25) is 9.59 Å². The lowest BCUT2D eigenvalue weighted by Crippen LogP contribution is -2.42. The molecule has 2 N–H and O–H groups in total. The normalized spacial score (nSPS) is 26.5. The number of nitrogens with zero attached hydrogens (tertiary/aromatic N) is 1. The average molecular weight is 343 g/mol. The number of amides is 2. The summed E-state index contributed by atoms with van der Waals surface area (Å²) in [7, 11) is 0. The lowest BCUT2D eigenvalue weighted by atomic mass is 9.91. The molecule has 1 aromatic carbocycles. The molecule has 2 heterocycles. The van der Waals surface area contributed by atoms with Crippen LogP contribution in [0, 0.1) is 24.7 Å². The van der Waals surface area contributed by atoms with Crippen LogP contribution in [0.1, 0.15) is 42.6 Å². The number of aryl methyl sites for hydroxylation is 1. The molecule has 2 saturated heterocycles. The molecule has 0 aliphatic carbocycles. The van der Waals surface area contributed by atoms with Gasteiger partial charge >= 0.3 is 0 Å². The Bertz CT molecular complexity index is 642. The van der Waals surface area contributed by atoms with Gasteiger partial charge in [0.05, 0.1) is 5.92 Å². The maximum Gasteiger partial charge on any atom is 0.253 e. The summed E-state index contributed by atoms with van der Waals surface area (Å²) in [6, 6.07) is 5.63. The number of hydrogen-bond donors (Lipinski definition) is 2. The first kappa shape index (κ1) is 17.9. The van der Waals surface area contributed by atoms with E-state index in [1.807, 2.05) is 30.0 Å². The van der Waals surface area contributed by atoms with E-state index < -0.39 is 0 Å². The highest BCUT2D eigenvalue weighted by molar-refractivity contribution is 5.98. The van der Waals surface area contributed by atoms with Gasteiger partial charge in [0.25, 0.3) is 5.91 Å². The zero-order valence-electron chi connectivity index (χ0n) is 15.5. The summed E-state index contributed by atoms with van der Waals surface area (Å²) in [5.41, 5.74) is 2.39. The van der Waals surface area contributed by atoms with Crippen molar-refractivity contribution in [3.63, 3.8) is 0 Å². The first-order valence-corrected chi connectivity index (χ1v) is 9.35. The highest BCUT2D eigenvalue weighted by Crippen LogP contribution is 2.25. The molecule has 2 aliphatic rings. The molecule has 2 aliphatic heterocycles. The summed E-state index contributed by atoms with van der Waals surface area (Å²) in [5.74, 6) is 1.19. The second kappa shape index (κ2) is 7.56. The number of likely N-dealkylation sites (tertiary alicyclic amines) is 1. The van der Waals surface area contributed by atoms with Crippen molar-refractivity contribution in [2.75, 3.05) is 31.5 Å². The van der Waals surface area contributed by atoms with Gasteiger partial charge in [0.1, 0.15) is 0 Å². The Morgan fingerprint density at radius 3 is 2.56 bits per heavy atom. The minimum Gasteiger partial charge on any atom is -0.338 e. The number of nitrogens with one attached hydrogen (secondary N) is 2. The van der Waals surface area contributed by atoms with Gasteiger partial charge in [0.2, 0.25) is 5.91 Å². The molecule has 5 nitrogen and oxygen atoms in total. The predicted octanol–water partition coefficient (Wildman–Crippen LogP) is 2.66. The van der Waals surface area contributed by atoms with Crippen LogP contribution in [-0.4, -0.2) is 42.9 Å². The number of anilines is 1. The fraction of sp³-hybridized carbons (Fsp3) is 0.600. The second-order valence-electron chi connectivity index (χ2n) is 7.86.